The zero-order valence-electron chi connectivity index (χ0n) is 14.2. The van der Waals surface area contributed by atoms with Crippen LogP contribution in [0.1, 0.15) is 54.9 Å². The van der Waals surface area contributed by atoms with E-state index < -0.39 is 0 Å². The Kier molecular flexibility index (Phi) is 4.42. The van der Waals surface area contributed by atoms with Gasteiger partial charge in [-0.05, 0) is 51.7 Å². The molecule has 2 heterocycles. The molecule has 0 aromatic heterocycles. The van der Waals surface area contributed by atoms with Gasteiger partial charge >= 0.3 is 0 Å². The molecular weight excluding hydrogens is 288 g/mol. The third kappa shape index (κ3) is 2.99. The van der Waals surface area contributed by atoms with Crippen LogP contribution in [0.25, 0.3) is 0 Å². The molecule has 0 radical (unpaired) electrons. The molecule has 2 fully saturated rings. The summed E-state index contributed by atoms with van der Waals surface area (Å²) in [6.45, 7) is 6.27. The summed E-state index contributed by atoms with van der Waals surface area (Å²) >= 11 is 0. The Morgan fingerprint density at radius 2 is 2.04 bits per heavy atom. The van der Waals surface area contributed by atoms with Crippen LogP contribution < -0.4 is 0 Å². The van der Waals surface area contributed by atoms with Gasteiger partial charge in [0.15, 0.2) is 0 Å². The summed E-state index contributed by atoms with van der Waals surface area (Å²) in [5.41, 5.74) is 1.72. The van der Waals surface area contributed by atoms with Crippen molar-refractivity contribution in [3.05, 3.63) is 35.4 Å². The molecule has 0 N–H and O–H groups in total. The van der Waals surface area contributed by atoms with Crippen molar-refractivity contribution in [1.82, 2.24) is 9.80 Å². The highest BCUT2D eigenvalue weighted by Gasteiger charge is 2.45. The molecule has 4 heteroatoms. The van der Waals surface area contributed by atoms with Crippen LogP contribution in [0, 0.1) is 6.92 Å². The van der Waals surface area contributed by atoms with Gasteiger partial charge in [0.25, 0.3) is 5.91 Å². The highest BCUT2D eigenvalue weighted by molar-refractivity contribution is 5.94. The second kappa shape index (κ2) is 6.34. The largest absolute Gasteiger partial charge is 0.336 e. The van der Waals surface area contributed by atoms with Crippen LogP contribution in [0.2, 0.25) is 0 Å². The minimum Gasteiger partial charge on any atom is -0.336 e. The molecule has 4 nitrogen and oxygen atoms in total. The van der Waals surface area contributed by atoms with E-state index in [-0.39, 0.29) is 17.4 Å². The SMILES string of the molecule is CCN1C(=O)CCCC12CCCN(C(=O)c1cccc(C)c1)C2. The predicted octanol–water partition coefficient (Wildman–Crippen LogP) is 3.00. The van der Waals surface area contributed by atoms with Crippen molar-refractivity contribution < 1.29 is 9.59 Å². The summed E-state index contributed by atoms with van der Waals surface area (Å²) < 4.78 is 0. The molecule has 1 atom stereocenters. The van der Waals surface area contributed by atoms with E-state index in [1.165, 1.54) is 0 Å². The van der Waals surface area contributed by atoms with E-state index in [4.69, 9.17) is 0 Å². The van der Waals surface area contributed by atoms with Gasteiger partial charge in [0.2, 0.25) is 5.91 Å². The zero-order valence-corrected chi connectivity index (χ0v) is 14.2. The summed E-state index contributed by atoms with van der Waals surface area (Å²) in [5.74, 6) is 0.352. The number of amides is 2. The fourth-order valence-corrected chi connectivity index (χ4v) is 4.29. The second-order valence-corrected chi connectivity index (χ2v) is 6.92. The van der Waals surface area contributed by atoms with Crippen LogP contribution in [0.5, 0.6) is 0 Å². The molecule has 0 bridgehead atoms. The second-order valence-electron chi connectivity index (χ2n) is 6.92. The Bertz CT molecular complexity index is 609. The fourth-order valence-electron chi connectivity index (χ4n) is 4.29. The van der Waals surface area contributed by atoms with Gasteiger partial charge in [-0.1, -0.05) is 17.7 Å². The van der Waals surface area contributed by atoms with Crippen molar-refractivity contribution in [2.75, 3.05) is 19.6 Å². The number of hydrogen-bond donors (Lipinski definition) is 0. The summed E-state index contributed by atoms with van der Waals surface area (Å²) in [7, 11) is 0. The van der Waals surface area contributed by atoms with E-state index in [0.29, 0.717) is 13.0 Å². The first-order valence-electron chi connectivity index (χ1n) is 8.72. The lowest BCUT2D eigenvalue weighted by Crippen LogP contribution is -2.63. The molecule has 1 spiro atoms. The Labute approximate surface area is 138 Å². The molecule has 0 aliphatic carbocycles. The first kappa shape index (κ1) is 16.0. The number of nitrogens with zero attached hydrogens (tertiary/aromatic N) is 2. The average Bonchev–Trinajstić information content (AvgIpc) is 2.54. The fraction of sp³-hybridized carbons (Fsp3) is 0.579. The predicted molar refractivity (Wildman–Crippen MR) is 90.3 cm³/mol. The third-order valence-electron chi connectivity index (χ3n) is 5.33. The minimum absolute atomic E-state index is 0.0989. The lowest BCUT2D eigenvalue weighted by atomic mass is 9.79. The highest BCUT2D eigenvalue weighted by Crippen LogP contribution is 2.36. The van der Waals surface area contributed by atoms with Crippen LogP contribution in [0.4, 0.5) is 0 Å². The van der Waals surface area contributed by atoms with Crippen molar-refractivity contribution in [1.29, 1.82) is 0 Å². The monoisotopic (exact) mass is 314 g/mol. The average molecular weight is 314 g/mol. The molecule has 2 amide bonds. The first-order valence-corrected chi connectivity index (χ1v) is 8.72. The summed E-state index contributed by atoms with van der Waals surface area (Å²) in [6.07, 6.45) is 4.61. The number of aryl methyl sites for hydroxylation is 1. The van der Waals surface area contributed by atoms with Gasteiger partial charge in [-0.25, -0.2) is 0 Å². The quantitative estimate of drug-likeness (QED) is 0.842. The molecule has 2 aliphatic rings. The van der Waals surface area contributed by atoms with E-state index in [1.54, 1.807) is 0 Å². The Morgan fingerprint density at radius 3 is 2.78 bits per heavy atom. The van der Waals surface area contributed by atoms with Crippen molar-refractivity contribution >= 4 is 11.8 Å². The van der Waals surface area contributed by atoms with Crippen LogP contribution in [-0.2, 0) is 4.79 Å². The Morgan fingerprint density at radius 1 is 1.26 bits per heavy atom. The van der Waals surface area contributed by atoms with Gasteiger partial charge in [0, 0.05) is 31.6 Å². The van der Waals surface area contributed by atoms with E-state index in [0.717, 1.165) is 49.9 Å². The van der Waals surface area contributed by atoms with Crippen molar-refractivity contribution in [3.8, 4) is 0 Å². The lowest BCUT2D eigenvalue weighted by Gasteiger charge is -2.52. The number of carbonyl (C=O) groups is 2. The summed E-state index contributed by atoms with van der Waals surface area (Å²) in [5, 5.41) is 0. The van der Waals surface area contributed by atoms with Crippen LogP contribution in [-0.4, -0.2) is 46.8 Å². The summed E-state index contributed by atoms with van der Waals surface area (Å²) in [4.78, 5) is 29.2. The van der Waals surface area contributed by atoms with E-state index in [2.05, 4.69) is 0 Å². The molecule has 124 valence electrons. The molecule has 2 aliphatic heterocycles. The molecule has 1 unspecified atom stereocenters. The molecule has 23 heavy (non-hydrogen) atoms. The Hall–Kier alpha value is -1.84. The number of benzene rings is 1. The number of likely N-dealkylation sites (tertiary alicyclic amines) is 2. The van der Waals surface area contributed by atoms with Gasteiger partial charge in [-0.3, -0.25) is 9.59 Å². The number of likely N-dealkylation sites (N-methyl/N-ethyl adjacent to an activating group) is 1. The van der Waals surface area contributed by atoms with Gasteiger partial charge in [-0.2, -0.15) is 0 Å². The maximum Gasteiger partial charge on any atom is 0.253 e. The molecule has 1 aromatic rings. The first-order chi connectivity index (χ1) is 11.1. The van der Waals surface area contributed by atoms with Gasteiger partial charge in [0.05, 0.1) is 5.54 Å². The smallest absolute Gasteiger partial charge is 0.253 e. The molecular formula is C19H26N2O2. The van der Waals surface area contributed by atoms with Gasteiger partial charge < -0.3 is 9.80 Å². The van der Waals surface area contributed by atoms with Gasteiger partial charge in [-0.15, -0.1) is 0 Å². The maximum absolute atomic E-state index is 12.9. The number of rotatable bonds is 2. The molecule has 0 saturated carbocycles. The van der Waals surface area contributed by atoms with E-state index >= 15 is 0 Å². The van der Waals surface area contributed by atoms with E-state index in [9.17, 15) is 9.59 Å². The topological polar surface area (TPSA) is 40.6 Å². The van der Waals surface area contributed by atoms with Crippen LogP contribution in [0.3, 0.4) is 0 Å². The van der Waals surface area contributed by atoms with Crippen molar-refractivity contribution in [2.45, 2.75) is 51.5 Å². The molecule has 2 saturated heterocycles. The maximum atomic E-state index is 12.9. The Balaban J connectivity index is 1.82. The number of carbonyl (C=O) groups excluding carboxylic acids is 2. The summed E-state index contributed by atoms with van der Waals surface area (Å²) in [6, 6.07) is 7.78. The normalized spacial score (nSPS) is 25.0. The van der Waals surface area contributed by atoms with E-state index in [1.807, 2.05) is 47.9 Å². The minimum atomic E-state index is -0.137. The highest BCUT2D eigenvalue weighted by atomic mass is 16.2. The van der Waals surface area contributed by atoms with Crippen molar-refractivity contribution in [2.24, 2.45) is 0 Å². The van der Waals surface area contributed by atoms with Crippen LogP contribution in [0.15, 0.2) is 24.3 Å². The standard InChI is InChI=1S/C19H26N2O2/c1-3-21-17(22)9-5-10-19(21)11-6-12-20(14-19)18(23)16-8-4-7-15(2)13-16/h4,7-8,13H,3,5-6,9-12,14H2,1-2H3. The van der Waals surface area contributed by atoms with Crippen molar-refractivity contribution in [3.63, 3.8) is 0 Å². The third-order valence-corrected chi connectivity index (χ3v) is 5.33. The van der Waals surface area contributed by atoms with Gasteiger partial charge in [0.1, 0.15) is 0 Å². The molecule has 1 aromatic carbocycles. The zero-order chi connectivity index (χ0) is 16.4. The number of piperidine rings is 2. The van der Waals surface area contributed by atoms with Crippen LogP contribution >= 0.6 is 0 Å². The molecule has 3 rings (SSSR count). The number of hydrogen-bond acceptors (Lipinski definition) is 2. The lowest BCUT2D eigenvalue weighted by molar-refractivity contribution is -0.144.